The summed E-state index contributed by atoms with van der Waals surface area (Å²) in [6.07, 6.45) is 1.26. The monoisotopic (exact) mass is 484 g/mol. The van der Waals surface area contributed by atoms with Crippen LogP contribution in [0.25, 0.3) is 6.08 Å². The van der Waals surface area contributed by atoms with Gasteiger partial charge in [-0.25, -0.2) is 0 Å². The zero-order valence-corrected chi connectivity index (χ0v) is 18.7. The minimum Gasteiger partial charge on any atom is -0.508 e. The summed E-state index contributed by atoms with van der Waals surface area (Å²) in [6.45, 7) is 0. The van der Waals surface area contributed by atoms with Gasteiger partial charge in [-0.05, 0) is 60.2 Å². The fourth-order valence-corrected chi connectivity index (χ4v) is 3.99. The van der Waals surface area contributed by atoms with Crippen LogP contribution in [0.1, 0.15) is 5.56 Å². The number of benzene rings is 3. The van der Waals surface area contributed by atoms with E-state index < -0.39 is 16.0 Å². The van der Waals surface area contributed by atoms with E-state index in [4.69, 9.17) is 20.5 Å². The van der Waals surface area contributed by atoms with Gasteiger partial charge in [0.05, 0.1) is 12.1 Å². The van der Waals surface area contributed by atoms with Gasteiger partial charge >= 0.3 is 10.1 Å². The van der Waals surface area contributed by atoms with Crippen LogP contribution in [-0.4, -0.2) is 26.5 Å². The second-order valence-corrected chi connectivity index (χ2v) is 8.51. The average Bonchev–Trinajstić information content (AvgIpc) is 2.80. The standard InChI is InChI=1S/C23H17ClN2O6S/c1-31-21-13-15(11-16(14-25)23(28)26-17-7-9-18(27)10-8-17)12-20(24)22(21)32-33(29,30)19-5-3-2-4-6-19/h2-13,27H,1H3,(H,26,28)/b16-11+. The summed E-state index contributed by atoms with van der Waals surface area (Å²) >= 11 is 6.25. The fraction of sp³-hybridized carbons (Fsp3) is 0.0435. The lowest BCUT2D eigenvalue weighted by atomic mass is 10.1. The molecule has 10 heteroatoms. The predicted molar refractivity (Wildman–Crippen MR) is 123 cm³/mol. The summed E-state index contributed by atoms with van der Waals surface area (Å²) in [5, 5.41) is 21.2. The van der Waals surface area contributed by atoms with Gasteiger partial charge in [-0.1, -0.05) is 29.8 Å². The van der Waals surface area contributed by atoms with Crippen LogP contribution in [0.3, 0.4) is 0 Å². The van der Waals surface area contributed by atoms with Crippen LogP contribution in [0.15, 0.2) is 77.2 Å². The van der Waals surface area contributed by atoms with Crippen molar-refractivity contribution in [2.75, 3.05) is 12.4 Å². The van der Waals surface area contributed by atoms with E-state index in [9.17, 15) is 23.6 Å². The number of carbonyl (C=O) groups excluding carboxylic acids is 1. The van der Waals surface area contributed by atoms with Gasteiger partial charge < -0.3 is 19.3 Å². The Morgan fingerprint density at radius 2 is 1.79 bits per heavy atom. The van der Waals surface area contributed by atoms with Gasteiger partial charge in [0, 0.05) is 5.69 Å². The summed E-state index contributed by atoms with van der Waals surface area (Å²) in [6, 6.07) is 17.8. The summed E-state index contributed by atoms with van der Waals surface area (Å²) in [5.74, 6) is -0.899. The number of aromatic hydroxyl groups is 1. The smallest absolute Gasteiger partial charge is 0.339 e. The number of phenolic OH excluding ortho intramolecular Hbond substituents is 1. The van der Waals surface area contributed by atoms with E-state index in [1.165, 1.54) is 61.7 Å². The molecule has 0 radical (unpaired) electrons. The summed E-state index contributed by atoms with van der Waals surface area (Å²) < 4.78 is 35.5. The zero-order valence-electron chi connectivity index (χ0n) is 17.2. The Kier molecular flexibility index (Phi) is 7.23. The SMILES string of the molecule is COc1cc(/C=C(\C#N)C(=O)Nc2ccc(O)cc2)cc(Cl)c1OS(=O)(=O)c1ccccc1. The van der Waals surface area contributed by atoms with Crippen molar-refractivity contribution in [2.24, 2.45) is 0 Å². The Bertz CT molecular complexity index is 1350. The number of hydrogen-bond donors (Lipinski definition) is 2. The van der Waals surface area contributed by atoms with Crippen molar-refractivity contribution >= 4 is 39.4 Å². The molecule has 0 saturated carbocycles. The number of halogens is 1. The molecule has 0 saturated heterocycles. The molecule has 3 rings (SSSR count). The summed E-state index contributed by atoms with van der Waals surface area (Å²) in [4.78, 5) is 12.4. The van der Waals surface area contributed by atoms with Crippen molar-refractivity contribution in [1.29, 1.82) is 5.26 Å². The quantitative estimate of drug-likeness (QED) is 0.221. The number of ether oxygens (including phenoxy) is 1. The number of amides is 1. The molecule has 1 amide bonds. The molecular weight excluding hydrogens is 468 g/mol. The first-order valence-electron chi connectivity index (χ1n) is 9.33. The number of anilines is 1. The van der Waals surface area contributed by atoms with Gasteiger partial charge in [0.25, 0.3) is 5.91 Å². The lowest BCUT2D eigenvalue weighted by Gasteiger charge is -2.13. The second kappa shape index (κ2) is 10.1. The maximum Gasteiger partial charge on any atom is 0.339 e. The lowest BCUT2D eigenvalue weighted by Crippen LogP contribution is -2.13. The van der Waals surface area contributed by atoms with Gasteiger partial charge in [0.2, 0.25) is 5.75 Å². The third kappa shape index (κ3) is 5.83. The molecule has 0 atom stereocenters. The average molecular weight is 485 g/mol. The third-order valence-electron chi connectivity index (χ3n) is 4.28. The highest BCUT2D eigenvalue weighted by Gasteiger charge is 2.22. The Labute approximate surface area is 195 Å². The molecule has 0 bridgehead atoms. The van der Waals surface area contributed by atoms with Crippen LogP contribution in [0.4, 0.5) is 5.69 Å². The Hall–Kier alpha value is -4.00. The molecule has 33 heavy (non-hydrogen) atoms. The third-order valence-corrected chi connectivity index (χ3v) is 5.79. The van der Waals surface area contributed by atoms with E-state index in [2.05, 4.69) is 5.32 Å². The Balaban J connectivity index is 1.90. The molecule has 0 spiro atoms. The molecule has 0 aliphatic carbocycles. The highest BCUT2D eigenvalue weighted by atomic mass is 35.5. The largest absolute Gasteiger partial charge is 0.508 e. The number of carbonyl (C=O) groups is 1. The van der Waals surface area contributed by atoms with Crippen molar-refractivity contribution in [3.63, 3.8) is 0 Å². The predicted octanol–water partition coefficient (Wildman–Crippen LogP) is 4.37. The molecule has 0 fully saturated rings. The first-order chi connectivity index (χ1) is 15.7. The Morgan fingerprint density at radius 1 is 1.12 bits per heavy atom. The number of hydrogen-bond acceptors (Lipinski definition) is 7. The molecule has 0 unspecified atom stereocenters. The molecule has 2 N–H and O–H groups in total. The van der Waals surface area contributed by atoms with Gasteiger partial charge in [0.1, 0.15) is 22.3 Å². The number of nitriles is 1. The van der Waals surface area contributed by atoms with Gasteiger partial charge in [-0.15, -0.1) is 0 Å². The second-order valence-electron chi connectivity index (χ2n) is 6.56. The molecule has 0 heterocycles. The number of phenols is 1. The molecule has 3 aromatic rings. The van der Waals surface area contributed by atoms with Crippen LogP contribution in [-0.2, 0) is 14.9 Å². The van der Waals surface area contributed by atoms with E-state index in [1.54, 1.807) is 24.3 Å². The van der Waals surface area contributed by atoms with Crippen molar-refractivity contribution in [3.05, 3.63) is 82.9 Å². The summed E-state index contributed by atoms with van der Waals surface area (Å²) in [5.41, 5.74) is 0.440. The Morgan fingerprint density at radius 3 is 2.39 bits per heavy atom. The number of nitrogens with one attached hydrogen (secondary N) is 1. The van der Waals surface area contributed by atoms with E-state index >= 15 is 0 Å². The van der Waals surface area contributed by atoms with Crippen molar-refractivity contribution in [2.45, 2.75) is 4.90 Å². The van der Waals surface area contributed by atoms with Crippen LogP contribution >= 0.6 is 11.6 Å². The summed E-state index contributed by atoms with van der Waals surface area (Å²) in [7, 11) is -2.88. The van der Waals surface area contributed by atoms with Crippen molar-refractivity contribution in [3.8, 4) is 23.3 Å². The van der Waals surface area contributed by atoms with Crippen molar-refractivity contribution in [1.82, 2.24) is 0 Å². The number of methoxy groups -OCH3 is 1. The first kappa shape index (κ1) is 23.7. The minimum absolute atomic E-state index is 0.00973. The molecule has 0 aliphatic rings. The van der Waals surface area contributed by atoms with Gasteiger partial charge in [0.15, 0.2) is 5.75 Å². The molecule has 8 nitrogen and oxygen atoms in total. The highest BCUT2D eigenvalue weighted by Crippen LogP contribution is 2.38. The highest BCUT2D eigenvalue weighted by molar-refractivity contribution is 7.87. The van der Waals surface area contributed by atoms with E-state index in [1.807, 2.05) is 0 Å². The number of rotatable bonds is 7. The van der Waals surface area contributed by atoms with Crippen LogP contribution in [0.2, 0.25) is 5.02 Å². The van der Waals surface area contributed by atoms with E-state index in [-0.39, 0.29) is 32.7 Å². The van der Waals surface area contributed by atoms with Crippen molar-refractivity contribution < 1.29 is 27.2 Å². The molecule has 0 aromatic heterocycles. The maximum absolute atomic E-state index is 12.6. The topological polar surface area (TPSA) is 126 Å². The molecule has 168 valence electrons. The molecule has 3 aromatic carbocycles. The zero-order chi connectivity index (χ0) is 24.0. The fourth-order valence-electron chi connectivity index (χ4n) is 2.71. The van der Waals surface area contributed by atoms with Crippen LogP contribution in [0, 0.1) is 11.3 Å². The first-order valence-corrected chi connectivity index (χ1v) is 11.1. The maximum atomic E-state index is 12.6. The van der Waals surface area contributed by atoms with E-state index in [0.29, 0.717) is 11.3 Å². The van der Waals surface area contributed by atoms with Crippen LogP contribution in [0.5, 0.6) is 17.2 Å². The van der Waals surface area contributed by atoms with Crippen LogP contribution < -0.4 is 14.2 Å². The normalized spacial score (nSPS) is 11.4. The van der Waals surface area contributed by atoms with Gasteiger partial charge in [-0.3, -0.25) is 4.79 Å². The lowest BCUT2D eigenvalue weighted by molar-refractivity contribution is -0.112. The molecular formula is C23H17ClN2O6S. The van der Waals surface area contributed by atoms with Gasteiger partial charge in [-0.2, -0.15) is 13.7 Å². The minimum atomic E-state index is -4.17. The number of nitrogens with zero attached hydrogens (tertiary/aromatic N) is 1. The van der Waals surface area contributed by atoms with E-state index in [0.717, 1.165) is 0 Å². The molecule has 0 aliphatic heterocycles.